The van der Waals surface area contributed by atoms with Gasteiger partial charge >= 0.3 is 0 Å². The first-order valence-electron chi connectivity index (χ1n) is 8.60. The number of thiophene rings is 1. The highest BCUT2D eigenvalue weighted by Gasteiger charge is 2.11. The zero-order valence-electron chi connectivity index (χ0n) is 15.4. The summed E-state index contributed by atoms with van der Waals surface area (Å²) in [6, 6.07) is 4.56. The van der Waals surface area contributed by atoms with Gasteiger partial charge in [-0.2, -0.15) is 0 Å². The van der Waals surface area contributed by atoms with Crippen LogP contribution < -0.4 is 10.6 Å². The summed E-state index contributed by atoms with van der Waals surface area (Å²) in [6.07, 6.45) is 2.63. The standard InChI is InChI=1S/C17H28N6OS/c1-5-16-22-19-12-23(16)9-8-18-17(20-13(2)11-24-4)21-14(3)15-7-6-10-25-15/h6-7,10,12-14H,5,8-9,11H2,1-4H3,(H2,18,20,21). The topological polar surface area (TPSA) is 76.4 Å². The van der Waals surface area contributed by atoms with Crippen molar-refractivity contribution in [3.63, 3.8) is 0 Å². The molecule has 2 aromatic rings. The van der Waals surface area contributed by atoms with E-state index in [1.807, 2.05) is 4.57 Å². The largest absolute Gasteiger partial charge is 0.383 e. The molecule has 138 valence electrons. The molecule has 0 aliphatic rings. The van der Waals surface area contributed by atoms with Gasteiger partial charge in [0.15, 0.2) is 5.96 Å². The summed E-state index contributed by atoms with van der Waals surface area (Å²) in [6.45, 7) is 8.32. The van der Waals surface area contributed by atoms with E-state index in [0.717, 1.165) is 24.7 Å². The molecule has 0 aromatic carbocycles. The fraction of sp³-hybridized carbons (Fsp3) is 0.588. The molecule has 25 heavy (non-hydrogen) atoms. The Morgan fingerprint density at radius 3 is 2.92 bits per heavy atom. The van der Waals surface area contributed by atoms with Gasteiger partial charge in [0, 0.05) is 31.0 Å². The highest BCUT2D eigenvalue weighted by atomic mass is 32.1. The third kappa shape index (κ3) is 6.13. The monoisotopic (exact) mass is 364 g/mol. The van der Waals surface area contributed by atoms with Crippen molar-refractivity contribution in [2.75, 3.05) is 20.3 Å². The van der Waals surface area contributed by atoms with Gasteiger partial charge in [-0.1, -0.05) is 13.0 Å². The molecule has 2 unspecified atom stereocenters. The second-order valence-corrected chi connectivity index (χ2v) is 6.89. The summed E-state index contributed by atoms with van der Waals surface area (Å²) in [5.74, 6) is 1.77. The van der Waals surface area contributed by atoms with E-state index in [-0.39, 0.29) is 12.1 Å². The molecule has 8 heteroatoms. The van der Waals surface area contributed by atoms with Crippen LogP contribution in [-0.4, -0.2) is 47.0 Å². The maximum Gasteiger partial charge on any atom is 0.192 e. The minimum absolute atomic E-state index is 0.174. The molecule has 2 aromatic heterocycles. The summed E-state index contributed by atoms with van der Waals surface area (Å²) < 4.78 is 7.26. The van der Waals surface area contributed by atoms with Gasteiger partial charge < -0.3 is 19.9 Å². The van der Waals surface area contributed by atoms with Gasteiger partial charge in [0.1, 0.15) is 12.2 Å². The van der Waals surface area contributed by atoms with Gasteiger partial charge in [-0.25, -0.2) is 0 Å². The van der Waals surface area contributed by atoms with Crippen LogP contribution in [0.3, 0.4) is 0 Å². The number of nitrogens with one attached hydrogen (secondary N) is 2. The predicted molar refractivity (Wildman–Crippen MR) is 102 cm³/mol. The molecular formula is C17H28N6OS. The molecule has 0 fully saturated rings. The Kier molecular flexibility index (Phi) is 7.87. The van der Waals surface area contributed by atoms with Crippen molar-refractivity contribution in [1.29, 1.82) is 0 Å². The first-order valence-corrected chi connectivity index (χ1v) is 9.48. The van der Waals surface area contributed by atoms with Crippen LogP contribution in [0.5, 0.6) is 0 Å². The number of aromatic nitrogens is 3. The van der Waals surface area contributed by atoms with Gasteiger partial charge in [-0.05, 0) is 25.3 Å². The quantitative estimate of drug-likeness (QED) is 0.527. The Morgan fingerprint density at radius 2 is 2.24 bits per heavy atom. The van der Waals surface area contributed by atoms with Crippen LogP contribution in [-0.2, 0) is 17.7 Å². The lowest BCUT2D eigenvalue weighted by Crippen LogP contribution is -2.44. The van der Waals surface area contributed by atoms with Crippen molar-refractivity contribution < 1.29 is 4.74 Å². The van der Waals surface area contributed by atoms with Crippen molar-refractivity contribution in [2.45, 2.75) is 45.8 Å². The molecule has 0 aliphatic heterocycles. The number of hydrogen-bond donors (Lipinski definition) is 2. The normalized spacial score (nSPS) is 14.3. The van der Waals surface area contributed by atoms with Crippen molar-refractivity contribution >= 4 is 17.3 Å². The van der Waals surface area contributed by atoms with E-state index in [4.69, 9.17) is 9.73 Å². The maximum atomic E-state index is 5.21. The smallest absolute Gasteiger partial charge is 0.192 e. The average molecular weight is 365 g/mol. The molecule has 0 aliphatic carbocycles. The van der Waals surface area contributed by atoms with E-state index in [1.54, 1.807) is 24.8 Å². The highest BCUT2D eigenvalue weighted by Crippen LogP contribution is 2.17. The van der Waals surface area contributed by atoms with Gasteiger partial charge in [0.05, 0.1) is 19.2 Å². The van der Waals surface area contributed by atoms with Crippen LogP contribution in [0.1, 0.15) is 37.5 Å². The van der Waals surface area contributed by atoms with Crippen molar-refractivity contribution in [3.8, 4) is 0 Å². The van der Waals surface area contributed by atoms with Crippen LogP contribution in [0.4, 0.5) is 0 Å². The molecule has 0 spiro atoms. The fourth-order valence-electron chi connectivity index (χ4n) is 2.48. The molecule has 7 nitrogen and oxygen atoms in total. The lowest BCUT2D eigenvalue weighted by atomic mass is 10.3. The summed E-state index contributed by atoms with van der Waals surface area (Å²) in [5.41, 5.74) is 0. The number of nitrogens with zero attached hydrogens (tertiary/aromatic N) is 4. The Hall–Kier alpha value is -1.93. The van der Waals surface area contributed by atoms with E-state index < -0.39 is 0 Å². The summed E-state index contributed by atoms with van der Waals surface area (Å²) in [5, 5.41) is 17.0. The second-order valence-electron chi connectivity index (χ2n) is 5.91. The minimum atomic E-state index is 0.174. The van der Waals surface area contributed by atoms with Crippen molar-refractivity contribution in [1.82, 2.24) is 25.4 Å². The number of aryl methyl sites for hydroxylation is 1. The Labute approximate surface area is 153 Å². The molecule has 0 saturated heterocycles. The van der Waals surface area contributed by atoms with E-state index >= 15 is 0 Å². The molecule has 2 atom stereocenters. The molecule has 0 saturated carbocycles. The number of aliphatic imine (C=N–C) groups is 1. The van der Waals surface area contributed by atoms with Gasteiger partial charge in [0.25, 0.3) is 0 Å². The zero-order valence-corrected chi connectivity index (χ0v) is 16.2. The first-order chi connectivity index (χ1) is 12.1. The van der Waals surface area contributed by atoms with E-state index in [9.17, 15) is 0 Å². The first kappa shape index (κ1) is 19.4. The fourth-order valence-corrected chi connectivity index (χ4v) is 3.22. The lowest BCUT2D eigenvalue weighted by Gasteiger charge is -2.21. The van der Waals surface area contributed by atoms with Crippen LogP contribution in [0, 0.1) is 0 Å². The molecule has 0 amide bonds. The third-order valence-corrected chi connectivity index (χ3v) is 4.80. The van der Waals surface area contributed by atoms with E-state index in [1.165, 1.54) is 4.88 Å². The molecule has 0 radical (unpaired) electrons. The summed E-state index contributed by atoms with van der Waals surface area (Å²) >= 11 is 1.74. The summed E-state index contributed by atoms with van der Waals surface area (Å²) in [7, 11) is 1.70. The van der Waals surface area contributed by atoms with Crippen molar-refractivity contribution in [2.24, 2.45) is 4.99 Å². The van der Waals surface area contributed by atoms with Crippen molar-refractivity contribution in [3.05, 3.63) is 34.5 Å². The lowest BCUT2D eigenvalue weighted by molar-refractivity contribution is 0.179. The predicted octanol–water partition coefficient (Wildman–Crippen LogP) is 2.23. The number of ether oxygens (including phenoxy) is 1. The third-order valence-electron chi connectivity index (χ3n) is 3.75. The molecule has 0 bridgehead atoms. The van der Waals surface area contributed by atoms with Gasteiger partial charge in [0.2, 0.25) is 0 Å². The Balaban J connectivity index is 1.99. The van der Waals surface area contributed by atoms with E-state index in [2.05, 4.69) is 59.1 Å². The zero-order chi connectivity index (χ0) is 18.1. The van der Waals surface area contributed by atoms with Crippen LogP contribution in [0.15, 0.2) is 28.8 Å². The Bertz CT molecular complexity index is 639. The van der Waals surface area contributed by atoms with Gasteiger partial charge in [-0.3, -0.25) is 4.99 Å². The summed E-state index contributed by atoms with van der Waals surface area (Å²) in [4.78, 5) is 5.99. The highest BCUT2D eigenvalue weighted by molar-refractivity contribution is 7.10. The minimum Gasteiger partial charge on any atom is -0.383 e. The number of rotatable bonds is 9. The number of hydrogen-bond acceptors (Lipinski definition) is 5. The number of guanidine groups is 1. The van der Waals surface area contributed by atoms with Crippen LogP contribution in [0.25, 0.3) is 0 Å². The average Bonchev–Trinajstić information content (AvgIpc) is 3.26. The number of methoxy groups -OCH3 is 1. The second kappa shape index (κ2) is 10.1. The van der Waals surface area contributed by atoms with Crippen LogP contribution >= 0.6 is 11.3 Å². The molecular weight excluding hydrogens is 336 g/mol. The van der Waals surface area contributed by atoms with Gasteiger partial charge in [-0.15, -0.1) is 21.5 Å². The van der Waals surface area contributed by atoms with Crippen LogP contribution in [0.2, 0.25) is 0 Å². The molecule has 2 N–H and O–H groups in total. The Morgan fingerprint density at radius 1 is 1.40 bits per heavy atom. The molecule has 2 heterocycles. The van der Waals surface area contributed by atoms with E-state index in [0.29, 0.717) is 13.2 Å². The molecule has 2 rings (SSSR count). The maximum absolute atomic E-state index is 5.21. The SMILES string of the molecule is CCc1nncn1CCN=C(NC(C)COC)NC(C)c1cccs1.